The van der Waals surface area contributed by atoms with Gasteiger partial charge in [-0.05, 0) is 25.0 Å². The van der Waals surface area contributed by atoms with Gasteiger partial charge in [0.25, 0.3) is 0 Å². The number of nitrogens with zero attached hydrogens (tertiary/aromatic N) is 1. The van der Waals surface area contributed by atoms with Crippen molar-refractivity contribution >= 4 is 17.6 Å². The van der Waals surface area contributed by atoms with E-state index in [1.165, 1.54) is 77.0 Å². The number of amides is 1. The number of carboxylic acid groups (broad SMARTS) is 1. The van der Waals surface area contributed by atoms with Crippen LogP contribution in [0.2, 0.25) is 0 Å². The summed E-state index contributed by atoms with van der Waals surface area (Å²) in [6, 6.07) is 9.86. The Kier molecular flexibility index (Phi) is 16.6. The standard InChI is InChI=1S/C27H45NO3/c1-28(25-21-17-16-18-22-25)26(29)23-19-14-12-10-8-6-4-2-3-5-7-9-11-13-15-20-24-27(30)31/h16-18,21-22H,2-15,19-20,23-24H2,1H3,(H,30,31). The summed E-state index contributed by atoms with van der Waals surface area (Å²) in [4.78, 5) is 24.4. The molecule has 0 atom stereocenters. The molecule has 4 nitrogen and oxygen atoms in total. The highest BCUT2D eigenvalue weighted by Crippen LogP contribution is 2.16. The lowest BCUT2D eigenvalue weighted by molar-refractivity contribution is -0.137. The van der Waals surface area contributed by atoms with E-state index in [9.17, 15) is 9.59 Å². The first-order chi connectivity index (χ1) is 15.1. The van der Waals surface area contributed by atoms with Crippen LogP contribution in [0.5, 0.6) is 0 Å². The predicted octanol–water partition coefficient (Wildman–Crippen LogP) is 7.76. The van der Waals surface area contributed by atoms with Crippen molar-refractivity contribution in [3.8, 4) is 0 Å². The Morgan fingerprint density at radius 1 is 0.613 bits per heavy atom. The van der Waals surface area contributed by atoms with E-state index >= 15 is 0 Å². The zero-order valence-electron chi connectivity index (χ0n) is 19.8. The van der Waals surface area contributed by atoms with Gasteiger partial charge in [-0.15, -0.1) is 0 Å². The van der Waals surface area contributed by atoms with Gasteiger partial charge in [-0.2, -0.15) is 0 Å². The number of anilines is 1. The van der Waals surface area contributed by atoms with E-state index in [1.54, 1.807) is 4.90 Å². The molecule has 1 rings (SSSR count). The van der Waals surface area contributed by atoms with Gasteiger partial charge < -0.3 is 10.0 Å². The average molecular weight is 432 g/mol. The molecule has 0 aliphatic carbocycles. The zero-order valence-corrected chi connectivity index (χ0v) is 19.8. The molecule has 0 fully saturated rings. The second kappa shape index (κ2) is 18.9. The van der Waals surface area contributed by atoms with E-state index in [-0.39, 0.29) is 5.91 Å². The van der Waals surface area contributed by atoms with Crippen LogP contribution in [0.15, 0.2) is 30.3 Å². The fourth-order valence-corrected chi connectivity index (χ4v) is 3.99. The maximum Gasteiger partial charge on any atom is 0.303 e. The molecule has 0 unspecified atom stereocenters. The van der Waals surface area contributed by atoms with Crippen LogP contribution in [0, 0.1) is 0 Å². The predicted molar refractivity (Wildman–Crippen MR) is 131 cm³/mol. The SMILES string of the molecule is CN(C(=O)CCCCCCCCCCCCCCCCCCC(=O)O)c1ccccc1. The molecule has 0 spiro atoms. The molecule has 1 amide bonds. The molecule has 0 radical (unpaired) electrons. The third-order valence-corrected chi connectivity index (χ3v) is 6.05. The summed E-state index contributed by atoms with van der Waals surface area (Å²) in [5.74, 6) is -0.455. The number of hydrogen-bond donors (Lipinski definition) is 1. The Morgan fingerprint density at radius 2 is 0.968 bits per heavy atom. The highest BCUT2D eigenvalue weighted by molar-refractivity contribution is 5.92. The Morgan fingerprint density at radius 3 is 1.35 bits per heavy atom. The molecular formula is C27H45NO3. The number of unbranched alkanes of at least 4 members (excludes halogenated alkanes) is 15. The van der Waals surface area contributed by atoms with Crippen LogP contribution in [-0.2, 0) is 9.59 Å². The highest BCUT2D eigenvalue weighted by Gasteiger charge is 2.09. The van der Waals surface area contributed by atoms with Crippen molar-refractivity contribution in [3.05, 3.63) is 30.3 Å². The van der Waals surface area contributed by atoms with Gasteiger partial charge in [0, 0.05) is 25.6 Å². The minimum atomic E-state index is -0.668. The van der Waals surface area contributed by atoms with Gasteiger partial charge in [0.1, 0.15) is 0 Å². The highest BCUT2D eigenvalue weighted by atomic mass is 16.4. The second-order valence-corrected chi connectivity index (χ2v) is 8.84. The van der Waals surface area contributed by atoms with Crippen molar-refractivity contribution in [2.75, 3.05) is 11.9 Å². The zero-order chi connectivity index (χ0) is 22.6. The number of hydrogen-bond acceptors (Lipinski definition) is 2. The minimum absolute atomic E-state index is 0.212. The molecule has 176 valence electrons. The summed E-state index contributed by atoms with van der Waals surface area (Å²) in [6.07, 6.45) is 20.7. The van der Waals surface area contributed by atoms with Crippen LogP contribution in [-0.4, -0.2) is 24.0 Å². The second-order valence-electron chi connectivity index (χ2n) is 8.84. The van der Waals surface area contributed by atoms with Crippen molar-refractivity contribution in [2.24, 2.45) is 0 Å². The van der Waals surface area contributed by atoms with Crippen molar-refractivity contribution in [3.63, 3.8) is 0 Å². The summed E-state index contributed by atoms with van der Waals surface area (Å²) in [6.45, 7) is 0. The molecule has 0 bridgehead atoms. The van der Waals surface area contributed by atoms with Crippen LogP contribution < -0.4 is 4.90 Å². The number of para-hydroxylation sites is 1. The number of carbonyl (C=O) groups is 2. The van der Waals surface area contributed by atoms with E-state index in [1.807, 2.05) is 37.4 Å². The lowest BCUT2D eigenvalue weighted by Gasteiger charge is -2.17. The van der Waals surface area contributed by atoms with E-state index in [4.69, 9.17) is 5.11 Å². The summed E-state index contributed by atoms with van der Waals surface area (Å²) < 4.78 is 0. The maximum absolute atomic E-state index is 12.2. The van der Waals surface area contributed by atoms with Crippen LogP contribution in [0.3, 0.4) is 0 Å². The van der Waals surface area contributed by atoms with E-state index in [2.05, 4.69) is 0 Å². The molecule has 0 aliphatic heterocycles. The minimum Gasteiger partial charge on any atom is -0.481 e. The Bertz CT molecular complexity index is 573. The van der Waals surface area contributed by atoms with Gasteiger partial charge in [0.2, 0.25) is 5.91 Å². The molecular weight excluding hydrogens is 386 g/mol. The average Bonchev–Trinajstić information content (AvgIpc) is 2.78. The maximum atomic E-state index is 12.2. The quantitative estimate of drug-likeness (QED) is 0.215. The molecule has 0 heterocycles. The summed E-state index contributed by atoms with van der Waals surface area (Å²) in [5, 5.41) is 8.59. The van der Waals surface area contributed by atoms with E-state index < -0.39 is 5.97 Å². The Labute approximate surface area is 190 Å². The molecule has 0 saturated heterocycles. The fourth-order valence-electron chi connectivity index (χ4n) is 3.99. The number of benzene rings is 1. The summed E-state index contributed by atoms with van der Waals surface area (Å²) in [7, 11) is 1.86. The number of rotatable bonds is 20. The van der Waals surface area contributed by atoms with Crippen molar-refractivity contribution < 1.29 is 14.7 Å². The lowest BCUT2D eigenvalue weighted by Crippen LogP contribution is -2.25. The van der Waals surface area contributed by atoms with Crippen molar-refractivity contribution in [1.82, 2.24) is 0 Å². The van der Waals surface area contributed by atoms with Crippen LogP contribution in [0.4, 0.5) is 5.69 Å². The molecule has 1 aromatic carbocycles. The first-order valence-corrected chi connectivity index (χ1v) is 12.6. The molecule has 1 N–H and O–H groups in total. The third kappa shape index (κ3) is 15.6. The Hall–Kier alpha value is -1.84. The van der Waals surface area contributed by atoms with Gasteiger partial charge >= 0.3 is 5.97 Å². The van der Waals surface area contributed by atoms with Gasteiger partial charge in [0.15, 0.2) is 0 Å². The summed E-state index contributed by atoms with van der Waals surface area (Å²) in [5.41, 5.74) is 0.973. The largest absolute Gasteiger partial charge is 0.481 e. The smallest absolute Gasteiger partial charge is 0.303 e. The molecule has 1 aromatic rings. The van der Waals surface area contributed by atoms with Gasteiger partial charge in [-0.1, -0.05) is 108 Å². The van der Waals surface area contributed by atoms with Gasteiger partial charge in [0.05, 0.1) is 0 Å². The number of aliphatic carboxylic acids is 1. The molecule has 0 aromatic heterocycles. The third-order valence-electron chi connectivity index (χ3n) is 6.05. The molecule has 0 aliphatic rings. The molecule has 0 saturated carbocycles. The topological polar surface area (TPSA) is 57.6 Å². The van der Waals surface area contributed by atoms with Crippen molar-refractivity contribution in [2.45, 2.75) is 116 Å². The van der Waals surface area contributed by atoms with Crippen LogP contribution >= 0.6 is 0 Å². The molecule has 4 heteroatoms. The summed E-state index contributed by atoms with van der Waals surface area (Å²) >= 11 is 0. The fraction of sp³-hybridized carbons (Fsp3) is 0.704. The first kappa shape index (κ1) is 27.2. The number of carbonyl (C=O) groups excluding carboxylic acids is 1. The Balaban J connectivity index is 1.79. The van der Waals surface area contributed by atoms with Crippen LogP contribution in [0.25, 0.3) is 0 Å². The van der Waals surface area contributed by atoms with E-state index in [0.29, 0.717) is 12.8 Å². The van der Waals surface area contributed by atoms with Gasteiger partial charge in [-0.3, -0.25) is 9.59 Å². The van der Waals surface area contributed by atoms with Crippen molar-refractivity contribution in [1.29, 1.82) is 0 Å². The van der Waals surface area contributed by atoms with Crippen LogP contribution in [0.1, 0.15) is 116 Å². The first-order valence-electron chi connectivity index (χ1n) is 12.6. The van der Waals surface area contributed by atoms with E-state index in [0.717, 1.165) is 31.4 Å². The number of carboxylic acids is 1. The lowest BCUT2D eigenvalue weighted by atomic mass is 10.0. The normalized spacial score (nSPS) is 10.9. The monoisotopic (exact) mass is 431 g/mol. The van der Waals surface area contributed by atoms with Gasteiger partial charge in [-0.25, -0.2) is 0 Å². The molecule has 31 heavy (non-hydrogen) atoms.